The summed E-state index contributed by atoms with van der Waals surface area (Å²) in [6.07, 6.45) is 14.6. The predicted molar refractivity (Wildman–Crippen MR) is 129 cm³/mol. The molecule has 1 aliphatic rings. The number of H-pyrrole nitrogens is 1. The number of allylic oxidation sites excluding steroid dienone is 4. The molecular formula is C22H43Cl2NZr-8. The maximum absolute atomic E-state index is 3.34. The van der Waals surface area contributed by atoms with E-state index in [1.807, 2.05) is 30.5 Å². The van der Waals surface area contributed by atoms with E-state index in [-0.39, 0.29) is 54.5 Å². The largest absolute Gasteiger partial charge is 0.484 e. The van der Waals surface area contributed by atoms with Gasteiger partial charge in [0.05, 0.1) is 0 Å². The monoisotopic (exact) mass is 481 g/mol. The van der Waals surface area contributed by atoms with Crippen LogP contribution in [0.2, 0.25) is 0 Å². The van der Waals surface area contributed by atoms with Gasteiger partial charge in [-0.3, -0.25) is 6.08 Å². The molecule has 0 spiro atoms. The van der Waals surface area contributed by atoms with Crippen molar-refractivity contribution >= 4 is 29.0 Å². The molecule has 0 aromatic carbocycles. The Morgan fingerprint density at radius 1 is 0.885 bits per heavy atom. The maximum atomic E-state index is 3.34. The molecule has 0 saturated heterocycles. The zero-order valence-electron chi connectivity index (χ0n) is 18.7. The first-order valence-corrected chi connectivity index (χ1v) is 8.30. The third kappa shape index (κ3) is 126. The molecule has 1 heterocycles. The molecule has 0 amide bonds. The van der Waals surface area contributed by atoms with Gasteiger partial charge in [0.15, 0.2) is 0 Å². The summed E-state index contributed by atoms with van der Waals surface area (Å²) in [5.74, 6) is 2.83. The molecule has 0 radical (unpaired) electrons. The van der Waals surface area contributed by atoms with Crippen molar-refractivity contribution in [2.75, 3.05) is 0 Å². The van der Waals surface area contributed by atoms with E-state index >= 15 is 0 Å². The van der Waals surface area contributed by atoms with Crippen LogP contribution >= 0.6 is 24.8 Å². The van der Waals surface area contributed by atoms with Crippen molar-refractivity contribution in [2.45, 2.75) is 48.0 Å². The average Bonchev–Trinajstić information content (AvgIpc) is 3.09. The quantitative estimate of drug-likeness (QED) is 0.360. The van der Waals surface area contributed by atoms with Gasteiger partial charge in [-0.2, -0.15) is 65.9 Å². The molecule has 0 aliphatic heterocycles. The Morgan fingerprint density at radius 3 is 1.35 bits per heavy atom. The number of halogens is 2. The van der Waals surface area contributed by atoms with Gasteiger partial charge in [0.1, 0.15) is 0 Å². The third-order valence-electron chi connectivity index (χ3n) is 1.03. The number of aromatic amines is 1. The molecule has 162 valence electrons. The minimum absolute atomic E-state index is 0. The Labute approximate surface area is 195 Å². The minimum Gasteiger partial charge on any atom is -0.484 e. The van der Waals surface area contributed by atoms with Gasteiger partial charge in [-0.05, 0) is 0 Å². The van der Waals surface area contributed by atoms with Gasteiger partial charge in [-0.1, -0.05) is 0 Å². The van der Waals surface area contributed by atoms with Crippen LogP contribution in [0.15, 0.2) is 36.6 Å². The summed E-state index contributed by atoms with van der Waals surface area (Å²) >= 11 is 1.30. The molecule has 0 unspecified atom stereocenters. The number of rotatable bonds is 0. The van der Waals surface area contributed by atoms with E-state index in [0.29, 0.717) is 0 Å². The van der Waals surface area contributed by atoms with Crippen LogP contribution in [-0.4, -0.2) is 9.20 Å². The van der Waals surface area contributed by atoms with Crippen molar-refractivity contribution in [2.24, 2.45) is 0 Å². The van der Waals surface area contributed by atoms with Gasteiger partial charge in [0.2, 0.25) is 0 Å². The van der Waals surface area contributed by atoms with Gasteiger partial charge in [-0.25, -0.2) is 12.2 Å². The summed E-state index contributed by atoms with van der Waals surface area (Å²) in [4.78, 5) is 2.74. The Balaban J connectivity index is -0.0000000192. The summed E-state index contributed by atoms with van der Waals surface area (Å²) in [5.41, 5.74) is 0. The average molecular weight is 484 g/mol. The standard InChI is InChI=1S/C5H5.C4H4N.2C4H9.4CH3.CH2.2ClH.Zr/c2*1-2-4-5-3-1;2*1-4(2)3;;;;;;;;/h1-3H,4H2;1-3,5H;2*1-3H3;4*1H3;1H2;2*1H;/q8*-1;;;;. The SMILES string of the molecule is C[C-](C)C.C[C-](C)C.Cl.Cl.[C-]1=CC=CC1.[CH2]=[Zr].[CH3-].[CH3-].[CH3-].[CH3-].[c-]1ccc[nH]1. The number of hydrogen-bond acceptors (Lipinski definition) is 0. The van der Waals surface area contributed by atoms with Crippen LogP contribution < -0.4 is 0 Å². The Kier molecular flexibility index (Phi) is 122. The van der Waals surface area contributed by atoms with Crippen LogP contribution in [0, 0.1) is 53.8 Å². The van der Waals surface area contributed by atoms with Crippen molar-refractivity contribution in [3.63, 3.8) is 0 Å². The van der Waals surface area contributed by atoms with Gasteiger partial charge in [-0.15, -0.1) is 37.4 Å². The first-order valence-electron chi connectivity index (χ1n) is 6.56. The molecule has 0 bridgehead atoms. The number of nitrogens with one attached hydrogen (secondary N) is 1. The molecule has 1 aromatic rings. The summed E-state index contributed by atoms with van der Waals surface area (Å²) in [5, 5.41) is 0. The molecule has 2 rings (SSSR count). The molecule has 0 fully saturated rings. The van der Waals surface area contributed by atoms with E-state index in [1.165, 1.54) is 36.1 Å². The van der Waals surface area contributed by atoms with E-state index in [9.17, 15) is 0 Å². The summed E-state index contributed by atoms with van der Waals surface area (Å²) < 4.78 is 3.34. The molecule has 1 nitrogen and oxygen atoms in total. The second kappa shape index (κ2) is 56.2. The first-order chi connectivity index (χ1) is 9.46. The molecule has 26 heavy (non-hydrogen) atoms. The Morgan fingerprint density at radius 2 is 1.27 bits per heavy atom. The molecule has 1 aromatic heterocycles. The van der Waals surface area contributed by atoms with Gasteiger partial charge >= 0.3 is 28.4 Å². The Bertz CT molecular complexity index is 256. The van der Waals surface area contributed by atoms with Gasteiger partial charge in [0, 0.05) is 0 Å². The number of aromatic nitrogens is 1. The van der Waals surface area contributed by atoms with Crippen LogP contribution in [0.4, 0.5) is 0 Å². The molecule has 0 saturated carbocycles. The fourth-order valence-corrected chi connectivity index (χ4v) is 0.581. The second-order valence-electron chi connectivity index (χ2n) is 4.82. The summed E-state index contributed by atoms with van der Waals surface area (Å²) in [7, 11) is 0. The van der Waals surface area contributed by atoms with Crippen molar-refractivity contribution in [3.05, 3.63) is 90.4 Å². The van der Waals surface area contributed by atoms with Crippen LogP contribution in [0.1, 0.15) is 48.0 Å². The van der Waals surface area contributed by atoms with E-state index in [2.05, 4.69) is 69.1 Å². The molecule has 1 N–H and O–H groups in total. The smallest absolute Gasteiger partial charge is 0.108 e. The van der Waals surface area contributed by atoms with E-state index in [0.717, 1.165) is 6.42 Å². The van der Waals surface area contributed by atoms with E-state index in [1.54, 1.807) is 0 Å². The molecule has 4 heteroatoms. The fourth-order valence-electron chi connectivity index (χ4n) is 0.581. The molecular weight excluding hydrogens is 440 g/mol. The van der Waals surface area contributed by atoms with E-state index in [4.69, 9.17) is 0 Å². The normalized spacial score (nSPS) is 7.81. The first kappa shape index (κ1) is 56.2. The number of hydrogen-bond donors (Lipinski definition) is 1. The maximum Gasteiger partial charge on any atom is -0.108 e. The Hall–Kier alpha value is 0.0931. The third-order valence-corrected chi connectivity index (χ3v) is 1.03. The zero-order chi connectivity index (χ0) is 16.2. The van der Waals surface area contributed by atoms with Gasteiger partial charge in [0.25, 0.3) is 0 Å². The summed E-state index contributed by atoms with van der Waals surface area (Å²) in [6, 6.07) is 3.71. The predicted octanol–water partition coefficient (Wildman–Crippen LogP) is 7.97. The van der Waals surface area contributed by atoms with Gasteiger partial charge < -0.3 is 46.5 Å². The fraction of sp³-hybridized carbons (Fsp3) is 0.318. The van der Waals surface area contributed by atoms with Crippen molar-refractivity contribution < 1.29 is 24.2 Å². The van der Waals surface area contributed by atoms with Crippen LogP contribution in [0.25, 0.3) is 0 Å². The van der Waals surface area contributed by atoms with Crippen LogP contribution in [0.5, 0.6) is 0 Å². The molecule has 1 aliphatic carbocycles. The minimum atomic E-state index is 0. The van der Waals surface area contributed by atoms with Crippen molar-refractivity contribution in [3.8, 4) is 0 Å². The van der Waals surface area contributed by atoms with Crippen LogP contribution in [-0.2, 0) is 24.2 Å². The zero-order valence-corrected chi connectivity index (χ0v) is 22.8. The van der Waals surface area contributed by atoms with E-state index < -0.39 is 0 Å². The van der Waals surface area contributed by atoms with Crippen molar-refractivity contribution in [1.29, 1.82) is 0 Å². The molecule has 0 atom stereocenters. The summed E-state index contributed by atoms with van der Waals surface area (Å²) in [6.45, 7) is 12.5. The topological polar surface area (TPSA) is 15.8 Å². The van der Waals surface area contributed by atoms with Crippen LogP contribution in [0.3, 0.4) is 0 Å². The second-order valence-corrected chi connectivity index (χ2v) is 4.82. The van der Waals surface area contributed by atoms with Crippen molar-refractivity contribution in [1.82, 2.24) is 4.98 Å².